The van der Waals surface area contributed by atoms with Crippen LogP contribution in [-0.4, -0.2) is 34.2 Å². The number of amides is 2. The Morgan fingerprint density at radius 2 is 2.28 bits per heavy atom. The van der Waals surface area contributed by atoms with Crippen molar-refractivity contribution >= 4 is 17.6 Å². The van der Waals surface area contributed by atoms with E-state index in [2.05, 4.69) is 10.4 Å². The molecule has 1 aromatic rings. The van der Waals surface area contributed by atoms with Crippen LogP contribution in [0.25, 0.3) is 0 Å². The van der Waals surface area contributed by atoms with Crippen molar-refractivity contribution < 1.29 is 9.59 Å². The molecule has 0 fully saturated rings. The van der Waals surface area contributed by atoms with Gasteiger partial charge in [0.1, 0.15) is 12.4 Å². The highest BCUT2D eigenvalue weighted by Gasteiger charge is 2.27. The van der Waals surface area contributed by atoms with E-state index in [0.717, 1.165) is 5.69 Å². The standard InChI is InChI=1S/C12H18N4O2/c1-8(2)13-10(17)7-15-11-6-9(3)14-16(11)5-4-12(15)18/h6,8H,4-5,7H2,1-3H3,(H,13,17). The molecule has 6 nitrogen and oxygen atoms in total. The molecule has 0 saturated carbocycles. The Hall–Kier alpha value is -1.85. The van der Waals surface area contributed by atoms with E-state index in [0.29, 0.717) is 18.8 Å². The molecule has 2 rings (SSSR count). The zero-order chi connectivity index (χ0) is 13.3. The highest BCUT2D eigenvalue weighted by atomic mass is 16.2. The molecule has 98 valence electrons. The van der Waals surface area contributed by atoms with Crippen molar-refractivity contribution in [3.05, 3.63) is 11.8 Å². The number of rotatable bonds is 3. The molecule has 0 radical (unpaired) electrons. The molecule has 6 heteroatoms. The van der Waals surface area contributed by atoms with E-state index in [1.807, 2.05) is 26.8 Å². The molecule has 18 heavy (non-hydrogen) atoms. The number of carbonyl (C=O) groups excluding carboxylic acids is 2. The van der Waals surface area contributed by atoms with Crippen LogP contribution in [0, 0.1) is 6.92 Å². The van der Waals surface area contributed by atoms with E-state index in [9.17, 15) is 9.59 Å². The van der Waals surface area contributed by atoms with Crippen LogP contribution in [0.5, 0.6) is 0 Å². The maximum atomic E-state index is 11.9. The van der Waals surface area contributed by atoms with Crippen molar-refractivity contribution in [2.45, 2.75) is 39.8 Å². The predicted molar refractivity (Wildman–Crippen MR) is 67.2 cm³/mol. The van der Waals surface area contributed by atoms with Gasteiger partial charge in [-0.3, -0.25) is 14.5 Å². The Balaban J connectivity index is 2.16. The van der Waals surface area contributed by atoms with E-state index in [4.69, 9.17) is 0 Å². The Kier molecular flexibility index (Phi) is 3.36. The third kappa shape index (κ3) is 2.52. The van der Waals surface area contributed by atoms with Crippen molar-refractivity contribution in [2.75, 3.05) is 11.4 Å². The second-order valence-corrected chi connectivity index (χ2v) is 4.82. The first-order chi connectivity index (χ1) is 8.47. The van der Waals surface area contributed by atoms with Crippen molar-refractivity contribution in [2.24, 2.45) is 0 Å². The third-order valence-corrected chi connectivity index (χ3v) is 2.75. The normalized spacial score (nSPS) is 14.9. The lowest BCUT2D eigenvalue weighted by Crippen LogP contribution is -2.45. The average Bonchev–Trinajstić information content (AvgIpc) is 2.62. The summed E-state index contributed by atoms with van der Waals surface area (Å²) in [7, 11) is 0. The number of nitrogens with zero attached hydrogens (tertiary/aromatic N) is 3. The molecule has 0 bridgehead atoms. The number of carbonyl (C=O) groups is 2. The van der Waals surface area contributed by atoms with Gasteiger partial charge >= 0.3 is 0 Å². The van der Waals surface area contributed by atoms with Gasteiger partial charge in [0.25, 0.3) is 0 Å². The molecule has 2 amide bonds. The Morgan fingerprint density at radius 1 is 1.56 bits per heavy atom. The summed E-state index contributed by atoms with van der Waals surface area (Å²) < 4.78 is 1.78. The average molecular weight is 250 g/mol. The van der Waals surface area contributed by atoms with Gasteiger partial charge in [-0.15, -0.1) is 0 Å². The number of hydrogen-bond acceptors (Lipinski definition) is 3. The first-order valence-electron chi connectivity index (χ1n) is 6.11. The lowest BCUT2D eigenvalue weighted by atomic mass is 10.2. The van der Waals surface area contributed by atoms with Gasteiger partial charge in [-0.05, 0) is 20.8 Å². The third-order valence-electron chi connectivity index (χ3n) is 2.75. The predicted octanol–water partition coefficient (Wildman–Crippen LogP) is 0.453. The van der Waals surface area contributed by atoms with E-state index in [1.165, 1.54) is 4.90 Å². The van der Waals surface area contributed by atoms with Gasteiger partial charge in [0.05, 0.1) is 12.2 Å². The molecular formula is C12H18N4O2. The van der Waals surface area contributed by atoms with Crippen molar-refractivity contribution in [3.8, 4) is 0 Å². The van der Waals surface area contributed by atoms with E-state index < -0.39 is 0 Å². The molecule has 1 aromatic heterocycles. The zero-order valence-electron chi connectivity index (χ0n) is 10.9. The summed E-state index contributed by atoms with van der Waals surface area (Å²) in [6.45, 7) is 6.31. The summed E-state index contributed by atoms with van der Waals surface area (Å²) in [5.41, 5.74) is 0.856. The maximum absolute atomic E-state index is 11.9. The molecule has 0 aliphatic carbocycles. The monoisotopic (exact) mass is 250 g/mol. The first kappa shape index (κ1) is 12.6. The minimum absolute atomic E-state index is 0.0266. The summed E-state index contributed by atoms with van der Waals surface area (Å²) in [5, 5.41) is 7.08. The van der Waals surface area contributed by atoms with Gasteiger partial charge in [-0.2, -0.15) is 5.10 Å². The van der Waals surface area contributed by atoms with Crippen LogP contribution in [0.4, 0.5) is 5.82 Å². The summed E-state index contributed by atoms with van der Waals surface area (Å²) in [4.78, 5) is 25.1. The minimum Gasteiger partial charge on any atom is -0.352 e. The molecule has 0 saturated heterocycles. The molecule has 0 atom stereocenters. The summed E-state index contributed by atoms with van der Waals surface area (Å²) in [5.74, 6) is 0.537. The number of hydrogen-bond donors (Lipinski definition) is 1. The van der Waals surface area contributed by atoms with Crippen LogP contribution in [0.1, 0.15) is 26.0 Å². The number of aryl methyl sites for hydroxylation is 2. The number of fused-ring (bicyclic) bond motifs is 1. The van der Waals surface area contributed by atoms with Gasteiger partial charge in [0.15, 0.2) is 0 Å². The Morgan fingerprint density at radius 3 is 2.94 bits per heavy atom. The molecule has 1 aliphatic heterocycles. The minimum atomic E-state index is -0.148. The van der Waals surface area contributed by atoms with Gasteiger partial charge in [0.2, 0.25) is 11.8 Å². The van der Waals surface area contributed by atoms with Crippen LogP contribution >= 0.6 is 0 Å². The highest BCUT2D eigenvalue weighted by molar-refractivity contribution is 5.98. The topological polar surface area (TPSA) is 67.2 Å². The number of anilines is 1. The summed E-state index contributed by atoms with van der Waals surface area (Å²) >= 11 is 0. The fourth-order valence-electron chi connectivity index (χ4n) is 2.06. The number of nitrogens with one attached hydrogen (secondary N) is 1. The maximum Gasteiger partial charge on any atom is 0.240 e. The molecule has 0 aromatic carbocycles. The Labute approximate surface area is 106 Å². The van der Waals surface area contributed by atoms with E-state index in [-0.39, 0.29) is 24.4 Å². The van der Waals surface area contributed by atoms with Crippen molar-refractivity contribution in [1.29, 1.82) is 0 Å². The van der Waals surface area contributed by atoms with Crippen molar-refractivity contribution in [1.82, 2.24) is 15.1 Å². The van der Waals surface area contributed by atoms with Crippen LogP contribution in [-0.2, 0) is 16.1 Å². The Bertz CT molecular complexity index is 478. The van der Waals surface area contributed by atoms with Gasteiger partial charge in [-0.1, -0.05) is 0 Å². The largest absolute Gasteiger partial charge is 0.352 e. The second kappa shape index (κ2) is 4.80. The SMILES string of the molecule is Cc1cc2n(n1)CCC(=O)N2CC(=O)NC(C)C. The van der Waals surface area contributed by atoms with Gasteiger partial charge in [-0.25, -0.2) is 4.68 Å². The fraction of sp³-hybridized carbons (Fsp3) is 0.583. The van der Waals surface area contributed by atoms with Crippen LogP contribution in [0.3, 0.4) is 0 Å². The molecule has 1 aliphatic rings. The lowest BCUT2D eigenvalue weighted by molar-refractivity contribution is -0.124. The molecule has 2 heterocycles. The van der Waals surface area contributed by atoms with Crippen LogP contribution < -0.4 is 10.2 Å². The first-order valence-corrected chi connectivity index (χ1v) is 6.11. The lowest BCUT2D eigenvalue weighted by Gasteiger charge is -2.27. The molecule has 0 spiro atoms. The summed E-state index contributed by atoms with van der Waals surface area (Å²) in [6.07, 6.45) is 0.392. The van der Waals surface area contributed by atoms with Crippen LogP contribution in [0.2, 0.25) is 0 Å². The molecular weight excluding hydrogens is 232 g/mol. The number of aromatic nitrogens is 2. The van der Waals surface area contributed by atoms with Crippen LogP contribution in [0.15, 0.2) is 6.07 Å². The smallest absolute Gasteiger partial charge is 0.240 e. The molecule has 0 unspecified atom stereocenters. The van der Waals surface area contributed by atoms with Gasteiger partial charge < -0.3 is 5.32 Å². The van der Waals surface area contributed by atoms with Gasteiger partial charge in [0, 0.05) is 18.5 Å². The molecule has 1 N–H and O–H groups in total. The second-order valence-electron chi connectivity index (χ2n) is 4.82. The quantitative estimate of drug-likeness (QED) is 0.847. The van der Waals surface area contributed by atoms with E-state index >= 15 is 0 Å². The fourth-order valence-corrected chi connectivity index (χ4v) is 2.06. The van der Waals surface area contributed by atoms with E-state index in [1.54, 1.807) is 4.68 Å². The van der Waals surface area contributed by atoms with Crippen molar-refractivity contribution in [3.63, 3.8) is 0 Å². The zero-order valence-corrected chi connectivity index (χ0v) is 10.9. The highest BCUT2D eigenvalue weighted by Crippen LogP contribution is 2.21. The summed E-state index contributed by atoms with van der Waals surface area (Å²) in [6, 6.07) is 1.91.